The largest absolute Gasteiger partial charge is 0.435 e. The van der Waals surface area contributed by atoms with Gasteiger partial charge in [0, 0.05) is 5.56 Å². The van der Waals surface area contributed by atoms with E-state index in [-0.39, 0.29) is 16.9 Å². The number of ether oxygens (including phenoxy) is 1. The molecule has 0 aliphatic carbocycles. The molecule has 1 N–H and O–H groups in total. The Kier molecular flexibility index (Phi) is 5.05. The van der Waals surface area contributed by atoms with Crippen LogP contribution in [0.2, 0.25) is 0 Å². The SMILES string of the molecule is Cc1cc(F)cc(C(=O)C(O)c2ccc(OC(F)F)c(C)c2)c1. The van der Waals surface area contributed by atoms with E-state index in [9.17, 15) is 23.1 Å². The number of carbonyl (C=O) groups excluding carboxylic acids is 1. The Morgan fingerprint density at radius 2 is 1.83 bits per heavy atom. The molecule has 0 bridgehead atoms. The molecule has 0 saturated carbocycles. The minimum atomic E-state index is -2.96. The molecule has 0 aromatic heterocycles. The summed E-state index contributed by atoms with van der Waals surface area (Å²) in [7, 11) is 0. The molecule has 1 atom stereocenters. The molecule has 0 spiro atoms. The molecule has 6 heteroatoms. The first-order valence-electron chi connectivity index (χ1n) is 6.83. The quantitative estimate of drug-likeness (QED) is 0.847. The minimum absolute atomic E-state index is 0.0370. The van der Waals surface area contributed by atoms with Gasteiger partial charge in [0.1, 0.15) is 17.7 Å². The topological polar surface area (TPSA) is 46.5 Å². The van der Waals surface area contributed by atoms with Crippen LogP contribution in [0.1, 0.15) is 33.2 Å². The summed E-state index contributed by atoms with van der Waals surface area (Å²) in [6.45, 7) is 0.193. The van der Waals surface area contributed by atoms with E-state index in [1.54, 1.807) is 6.92 Å². The molecule has 0 saturated heterocycles. The highest BCUT2D eigenvalue weighted by Gasteiger charge is 2.21. The van der Waals surface area contributed by atoms with Crippen LogP contribution in [0.3, 0.4) is 0 Å². The zero-order valence-corrected chi connectivity index (χ0v) is 12.5. The number of hydrogen-bond acceptors (Lipinski definition) is 3. The third kappa shape index (κ3) is 4.10. The molecule has 0 fully saturated rings. The summed E-state index contributed by atoms with van der Waals surface area (Å²) in [6.07, 6.45) is -1.52. The maximum Gasteiger partial charge on any atom is 0.387 e. The second-order valence-corrected chi connectivity index (χ2v) is 5.19. The summed E-state index contributed by atoms with van der Waals surface area (Å²) in [5.41, 5.74) is 1.17. The Bertz CT molecular complexity index is 709. The molecular weight excluding hydrogens is 309 g/mol. The van der Waals surface area contributed by atoms with E-state index in [0.29, 0.717) is 11.1 Å². The molecule has 0 aliphatic heterocycles. The summed E-state index contributed by atoms with van der Waals surface area (Å²) < 4.78 is 42.1. The second kappa shape index (κ2) is 6.83. The van der Waals surface area contributed by atoms with Gasteiger partial charge < -0.3 is 9.84 Å². The third-order valence-electron chi connectivity index (χ3n) is 3.31. The molecule has 2 aromatic carbocycles. The van der Waals surface area contributed by atoms with Gasteiger partial charge in [0.15, 0.2) is 5.78 Å². The van der Waals surface area contributed by atoms with Gasteiger partial charge >= 0.3 is 6.61 Å². The zero-order chi connectivity index (χ0) is 17.1. The van der Waals surface area contributed by atoms with Crippen molar-refractivity contribution in [1.82, 2.24) is 0 Å². The number of carbonyl (C=O) groups is 1. The number of hydrogen-bond donors (Lipinski definition) is 1. The Morgan fingerprint density at radius 1 is 1.13 bits per heavy atom. The fraction of sp³-hybridized carbons (Fsp3) is 0.235. The van der Waals surface area contributed by atoms with E-state index in [4.69, 9.17) is 0 Å². The fourth-order valence-electron chi connectivity index (χ4n) is 2.26. The van der Waals surface area contributed by atoms with Crippen LogP contribution < -0.4 is 4.74 Å². The number of alkyl halides is 2. The van der Waals surface area contributed by atoms with Gasteiger partial charge in [0.05, 0.1) is 0 Å². The summed E-state index contributed by atoms with van der Waals surface area (Å²) in [4.78, 5) is 12.3. The first-order valence-corrected chi connectivity index (χ1v) is 6.83. The number of aliphatic hydroxyl groups is 1. The number of aryl methyl sites for hydroxylation is 2. The lowest BCUT2D eigenvalue weighted by Crippen LogP contribution is -2.13. The maximum atomic E-state index is 13.4. The fourth-order valence-corrected chi connectivity index (χ4v) is 2.26. The highest BCUT2D eigenvalue weighted by Crippen LogP contribution is 2.26. The van der Waals surface area contributed by atoms with Crippen LogP contribution in [0.5, 0.6) is 5.75 Å². The molecule has 0 heterocycles. The zero-order valence-electron chi connectivity index (χ0n) is 12.5. The summed E-state index contributed by atoms with van der Waals surface area (Å²) in [6, 6.07) is 7.73. The molecule has 2 rings (SSSR count). The van der Waals surface area contributed by atoms with Gasteiger partial charge in [-0.25, -0.2) is 4.39 Å². The average molecular weight is 324 g/mol. The number of Topliss-reactive ketones (excluding diaryl/α,β-unsaturated/α-hetero) is 1. The molecule has 0 amide bonds. The Hall–Kier alpha value is -2.34. The van der Waals surface area contributed by atoms with E-state index in [1.807, 2.05) is 0 Å². The first-order chi connectivity index (χ1) is 10.8. The smallest absolute Gasteiger partial charge is 0.387 e. The van der Waals surface area contributed by atoms with Crippen LogP contribution in [0.4, 0.5) is 13.2 Å². The molecule has 0 aliphatic rings. The van der Waals surface area contributed by atoms with Crippen LogP contribution in [0.25, 0.3) is 0 Å². The number of benzene rings is 2. The number of aliphatic hydroxyl groups excluding tert-OH is 1. The second-order valence-electron chi connectivity index (χ2n) is 5.19. The first kappa shape index (κ1) is 17.0. The van der Waals surface area contributed by atoms with Crippen molar-refractivity contribution in [3.8, 4) is 5.75 Å². The molecular formula is C17H15F3O3. The van der Waals surface area contributed by atoms with Gasteiger partial charge in [-0.1, -0.05) is 6.07 Å². The lowest BCUT2D eigenvalue weighted by atomic mass is 9.97. The summed E-state index contributed by atoms with van der Waals surface area (Å²) in [5.74, 6) is -1.28. The van der Waals surface area contributed by atoms with Crippen LogP contribution in [0.15, 0.2) is 36.4 Å². The van der Waals surface area contributed by atoms with Crippen molar-refractivity contribution in [2.75, 3.05) is 0 Å². The van der Waals surface area contributed by atoms with Crippen molar-refractivity contribution in [1.29, 1.82) is 0 Å². The van der Waals surface area contributed by atoms with Crippen molar-refractivity contribution < 1.29 is 27.8 Å². The summed E-state index contributed by atoms with van der Waals surface area (Å²) in [5, 5.41) is 10.2. The van der Waals surface area contributed by atoms with E-state index >= 15 is 0 Å². The van der Waals surface area contributed by atoms with Crippen molar-refractivity contribution in [3.05, 3.63) is 64.5 Å². The monoisotopic (exact) mass is 324 g/mol. The maximum absolute atomic E-state index is 13.4. The third-order valence-corrected chi connectivity index (χ3v) is 3.31. The van der Waals surface area contributed by atoms with Crippen LogP contribution in [-0.2, 0) is 0 Å². The normalized spacial score (nSPS) is 12.3. The van der Waals surface area contributed by atoms with E-state index in [2.05, 4.69) is 4.74 Å². The molecule has 1 unspecified atom stereocenters. The molecule has 122 valence electrons. The van der Waals surface area contributed by atoms with Crippen LogP contribution in [-0.4, -0.2) is 17.5 Å². The molecule has 2 aromatic rings. The Balaban J connectivity index is 2.27. The standard InChI is InChI=1S/C17H15F3O3/c1-9-5-12(8-13(18)6-9)16(22)15(21)11-3-4-14(10(2)7-11)23-17(19)20/h3-8,15,17,21H,1-2H3. The van der Waals surface area contributed by atoms with E-state index in [1.165, 1.54) is 37.3 Å². The van der Waals surface area contributed by atoms with Gasteiger partial charge in [0.25, 0.3) is 0 Å². The highest BCUT2D eigenvalue weighted by molar-refractivity contribution is 6.00. The highest BCUT2D eigenvalue weighted by atomic mass is 19.3. The van der Waals surface area contributed by atoms with Gasteiger partial charge in [-0.3, -0.25) is 4.79 Å². The van der Waals surface area contributed by atoms with Crippen LogP contribution >= 0.6 is 0 Å². The van der Waals surface area contributed by atoms with Crippen molar-refractivity contribution in [2.45, 2.75) is 26.6 Å². The molecule has 0 radical (unpaired) electrons. The van der Waals surface area contributed by atoms with Crippen molar-refractivity contribution in [3.63, 3.8) is 0 Å². The van der Waals surface area contributed by atoms with Gasteiger partial charge in [-0.15, -0.1) is 0 Å². The van der Waals surface area contributed by atoms with Gasteiger partial charge in [-0.05, 0) is 60.9 Å². The van der Waals surface area contributed by atoms with Gasteiger partial charge in [0.2, 0.25) is 0 Å². The Labute approximate surface area is 131 Å². The predicted molar refractivity (Wildman–Crippen MR) is 78.2 cm³/mol. The van der Waals surface area contributed by atoms with Crippen molar-refractivity contribution >= 4 is 5.78 Å². The predicted octanol–water partition coefficient (Wildman–Crippen LogP) is 3.96. The van der Waals surface area contributed by atoms with E-state index in [0.717, 1.165) is 6.07 Å². The molecule has 23 heavy (non-hydrogen) atoms. The van der Waals surface area contributed by atoms with Crippen LogP contribution in [0, 0.1) is 19.7 Å². The minimum Gasteiger partial charge on any atom is -0.435 e. The van der Waals surface area contributed by atoms with Crippen molar-refractivity contribution in [2.24, 2.45) is 0 Å². The van der Waals surface area contributed by atoms with Gasteiger partial charge in [-0.2, -0.15) is 8.78 Å². The van der Waals surface area contributed by atoms with E-state index < -0.39 is 24.3 Å². The summed E-state index contributed by atoms with van der Waals surface area (Å²) >= 11 is 0. The Morgan fingerprint density at radius 3 is 2.39 bits per heavy atom. The number of rotatable bonds is 5. The number of ketones is 1. The lowest BCUT2D eigenvalue weighted by molar-refractivity contribution is -0.0503. The lowest BCUT2D eigenvalue weighted by Gasteiger charge is -2.14. The molecule has 3 nitrogen and oxygen atoms in total. The average Bonchev–Trinajstić information content (AvgIpc) is 2.46. The number of halogens is 3.